The molecule has 0 aliphatic heterocycles. The summed E-state index contributed by atoms with van der Waals surface area (Å²) < 4.78 is 40.8. The third-order valence-corrected chi connectivity index (χ3v) is 9.19. The summed E-state index contributed by atoms with van der Waals surface area (Å²) in [6.45, 7) is 15.0. The maximum absolute atomic E-state index is 13.1. The van der Waals surface area contributed by atoms with Gasteiger partial charge in [0, 0.05) is 35.8 Å². The summed E-state index contributed by atoms with van der Waals surface area (Å²) in [7, 11) is 0. The lowest BCUT2D eigenvalue weighted by Gasteiger charge is -2.22. The second kappa shape index (κ2) is 15.4. The van der Waals surface area contributed by atoms with Crippen LogP contribution in [0, 0.1) is 5.41 Å². The van der Waals surface area contributed by atoms with Crippen LogP contribution in [0.1, 0.15) is 95.2 Å². The smallest absolute Gasteiger partial charge is 0.370 e. The lowest BCUT2D eigenvalue weighted by molar-refractivity contribution is -0.137. The highest BCUT2D eigenvalue weighted by atomic mass is 19.4. The molecule has 272 valence electrons. The van der Waals surface area contributed by atoms with Gasteiger partial charge in [-0.25, -0.2) is 4.79 Å². The average Bonchev–Trinajstić information content (AvgIpc) is 3.70. The third kappa shape index (κ3) is 10.7. The largest absolute Gasteiger partial charge is 0.416 e. The number of benzene rings is 2. The van der Waals surface area contributed by atoms with Crippen molar-refractivity contribution in [2.24, 2.45) is 27.6 Å². The van der Waals surface area contributed by atoms with Crippen molar-refractivity contribution in [3.05, 3.63) is 93.2 Å². The monoisotopic (exact) mass is 694 g/mol. The van der Waals surface area contributed by atoms with Gasteiger partial charge in [0.25, 0.3) is 0 Å². The van der Waals surface area contributed by atoms with E-state index in [0.717, 1.165) is 72.2 Å². The summed E-state index contributed by atoms with van der Waals surface area (Å²) in [6.07, 6.45) is 2.18. The van der Waals surface area contributed by atoms with Gasteiger partial charge in [-0.3, -0.25) is 9.56 Å². The van der Waals surface area contributed by atoms with E-state index >= 15 is 0 Å². The van der Waals surface area contributed by atoms with Gasteiger partial charge in [0.2, 0.25) is 0 Å². The van der Waals surface area contributed by atoms with Gasteiger partial charge < -0.3 is 27.5 Å². The van der Waals surface area contributed by atoms with E-state index < -0.39 is 11.7 Å². The number of nitrogens with zero attached hydrogens (tertiary/aromatic N) is 3. The van der Waals surface area contributed by atoms with Crippen LogP contribution in [0.3, 0.4) is 0 Å². The summed E-state index contributed by atoms with van der Waals surface area (Å²) in [5.74, 6) is 0.123. The van der Waals surface area contributed by atoms with E-state index in [4.69, 9.17) is 17.2 Å². The molecule has 0 unspecified atom stereocenters. The summed E-state index contributed by atoms with van der Waals surface area (Å²) >= 11 is 0. The Morgan fingerprint density at radius 3 is 2.18 bits per heavy atom. The molecule has 2 aromatic carbocycles. The lowest BCUT2D eigenvalue weighted by atomic mass is 9.84. The third-order valence-electron chi connectivity index (χ3n) is 9.19. The summed E-state index contributed by atoms with van der Waals surface area (Å²) in [4.78, 5) is 23.9. The highest BCUT2D eigenvalue weighted by molar-refractivity contribution is 5.76. The quantitative estimate of drug-likeness (QED) is 0.0692. The minimum Gasteiger partial charge on any atom is -0.370 e. The molecule has 5 rings (SSSR count). The van der Waals surface area contributed by atoms with Crippen molar-refractivity contribution in [1.29, 1.82) is 0 Å². The Morgan fingerprint density at radius 1 is 0.960 bits per heavy atom. The molecule has 2 aromatic heterocycles. The van der Waals surface area contributed by atoms with E-state index in [1.165, 1.54) is 12.1 Å². The summed E-state index contributed by atoms with van der Waals surface area (Å²) in [6, 6.07) is 14.4. The predicted octanol–water partition coefficient (Wildman–Crippen LogP) is 6.44. The Kier molecular flexibility index (Phi) is 11.9. The second-order valence-corrected chi connectivity index (χ2v) is 15.5. The maximum atomic E-state index is 13.1. The normalized spacial score (nSPS) is 14.3. The maximum Gasteiger partial charge on any atom is 0.416 e. The lowest BCUT2D eigenvalue weighted by Crippen LogP contribution is -2.23. The molecule has 12 heteroatoms. The van der Waals surface area contributed by atoms with Crippen molar-refractivity contribution in [3.8, 4) is 5.69 Å². The number of nitrogens with two attached hydrogens (primary N) is 3. The van der Waals surface area contributed by atoms with Crippen molar-refractivity contribution in [2.75, 3.05) is 19.6 Å². The van der Waals surface area contributed by atoms with Crippen molar-refractivity contribution < 1.29 is 13.2 Å². The van der Waals surface area contributed by atoms with Gasteiger partial charge in [0.05, 0.1) is 11.3 Å². The first-order valence-corrected chi connectivity index (χ1v) is 17.2. The van der Waals surface area contributed by atoms with Crippen LogP contribution in [-0.4, -0.2) is 40.1 Å². The molecule has 0 spiro atoms. The highest BCUT2D eigenvalue weighted by Crippen LogP contribution is 2.48. The van der Waals surface area contributed by atoms with E-state index in [9.17, 15) is 18.0 Å². The molecule has 0 bridgehead atoms. The molecule has 1 aliphatic rings. The number of rotatable bonds is 11. The van der Waals surface area contributed by atoms with Crippen LogP contribution in [-0.2, 0) is 30.0 Å². The molecule has 4 aromatic rings. The van der Waals surface area contributed by atoms with Gasteiger partial charge in [-0.1, -0.05) is 59.7 Å². The number of aliphatic imine (C=N–C) groups is 1. The number of fused-ring (bicyclic) bond motifs is 1. The van der Waals surface area contributed by atoms with Crippen molar-refractivity contribution in [3.63, 3.8) is 0 Å². The molecule has 0 amide bonds. The Balaban J connectivity index is 0.000000237. The highest BCUT2D eigenvalue weighted by Gasteiger charge is 2.40. The standard InChI is InChI=1S/C21H29N7O.C17H24F3N/c1-21(2,3)17-11-15-13-28(20(29)27-18(15)26-17)16-7-5-14(6-8-16)12-24-9-4-10-25-19(22)23;1-15(2,3)13-8-12(4-5-16(11-21)6-7-16)9-14(10-13)17(18,19)20/h5-8,11,13,24H,4,9-10,12H2,1-3H3,(H4,22,23,25)(H,26,27,29);8-10H,4-7,11,21H2,1-3H3. The number of hydrogen-bond donors (Lipinski definition) is 5. The van der Waals surface area contributed by atoms with Crippen LogP contribution in [0.2, 0.25) is 0 Å². The molecular weight excluding hydrogens is 641 g/mol. The van der Waals surface area contributed by atoms with Crippen LogP contribution in [0.4, 0.5) is 13.2 Å². The van der Waals surface area contributed by atoms with E-state index in [1.54, 1.807) is 4.57 Å². The van der Waals surface area contributed by atoms with Crippen molar-refractivity contribution >= 4 is 17.0 Å². The van der Waals surface area contributed by atoms with Crippen LogP contribution in [0.25, 0.3) is 16.7 Å². The molecule has 0 atom stereocenters. The summed E-state index contributed by atoms with van der Waals surface area (Å²) in [5, 5.41) is 4.27. The number of H-pyrrole nitrogens is 1. The Hall–Kier alpha value is -4.16. The Bertz CT molecular complexity index is 1790. The number of halogens is 3. The first-order chi connectivity index (χ1) is 23.3. The zero-order valence-electron chi connectivity index (χ0n) is 30.2. The fourth-order valence-electron chi connectivity index (χ4n) is 5.58. The molecule has 1 fully saturated rings. The molecule has 50 heavy (non-hydrogen) atoms. The van der Waals surface area contributed by atoms with E-state index in [-0.39, 0.29) is 27.9 Å². The van der Waals surface area contributed by atoms with Crippen LogP contribution < -0.4 is 28.2 Å². The van der Waals surface area contributed by atoms with Gasteiger partial charge in [-0.2, -0.15) is 18.2 Å². The zero-order valence-corrected chi connectivity index (χ0v) is 30.2. The fourth-order valence-corrected chi connectivity index (χ4v) is 5.58. The van der Waals surface area contributed by atoms with Crippen molar-refractivity contribution in [1.82, 2.24) is 19.9 Å². The van der Waals surface area contributed by atoms with Crippen LogP contribution in [0.5, 0.6) is 0 Å². The molecule has 9 nitrogen and oxygen atoms in total. The summed E-state index contributed by atoms with van der Waals surface area (Å²) in [5.41, 5.74) is 20.5. The second-order valence-electron chi connectivity index (χ2n) is 15.5. The Morgan fingerprint density at radius 2 is 1.62 bits per heavy atom. The average molecular weight is 695 g/mol. The van der Waals surface area contributed by atoms with E-state index in [0.29, 0.717) is 25.2 Å². The fraction of sp³-hybridized carbons (Fsp3) is 0.500. The van der Waals surface area contributed by atoms with Gasteiger partial charge in [0.1, 0.15) is 5.65 Å². The van der Waals surface area contributed by atoms with Gasteiger partial charge in [-0.05, 0) is 103 Å². The molecule has 0 radical (unpaired) electrons. The number of aromatic amines is 1. The molecule has 1 saturated carbocycles. The minimum absolute atomic E-state index is 0.0352. The van der Waals surface area contributed by atoms with Crippen LogP contribution >= 0.6 is 0 Å². The van der Waals surface area contributed by atoms with Gasteiger partial charge >= 0.3 is 11.9 Å². The first kappa shape index (κ1) is 38.6. The first-order valence-electron chi connectivity index (χ1n) is 17.2. The number of hydrogen-bond acceptors (Lipinski definition) is 5. The SMILES string of the molecule is CC(C)(C)c1cc(CCC2(CN)CC2)cc(C(F)(F)F)c1.CC(C)(C)c1cc2cn(-c3ccc(CNCCCN=C(N)N)cc3)c(=O)nc2[nH]1. The van der Waals surface area contributed by atoms with E-state index in [1.807, 2.05) is 57.3 Å². The topological polar surface area (TPSA) is 153 Å². The van der Waals surface area contributed by atoms with Gasteiger partial charge in [0.15, 0.2) is 5.96 Å². The number of guanidine groups is 1. The molecule has 1 aliphatic carbocycles. The zero-order chi connectivity index (χ0) is 36.9. The molecule has 8 N–H and O–H groups in total. The Labute approximate surface area is 293 Å². The molecule has 0 saturated heterocycles. The predicted molar refractivity (Wildman–Crippen MR) is 197 cm³/mol. The minimum atomic E-state index is -4.29. The number of nitrogens with one attached hydrogen (secondary N) is 2. The number of aryl methyl sites for hydroxylation is 1. The molecular formula is C38H53F3N8O. The van der Waals surface area contributed by atoms with Crippen molar-refractivity contribution in [2.45, 2.75) is 97.2 Å². The molecule has 2 heterocycles. The van der Waals surface area contributed by atoms with Crippen LogP contribution in [0.15, 0.2) is 64.5 Å². The van der Waals surface area contributed by atoms with E-state index in [2.05, 4.69) is 47.1 Å². The van der Waals surface area contributed by atoms with Gasteiger partial charge in [-0.15, -0.1) is 0 Å². The number of aromatic nitrogens is 3. The number of alkyl halides is 3.